The van der Waals surface area contributed by atoms with Crippen molar-refractivity contribution in [1.29, 1.82) is 0 Å². The van der Waals surface area contributed by atoms with Crippen LogP contribution in [0.5, 0.6) is 0 Å². The largest absolute Gasteiger partial charge is 0.421 e. The highest BCUT2D eigenvalue weighted by molar-refractivity contribution is 6.35. The second kappa shape index (κ2) is 8.55. The van der Waals surface area contributed by atoms with Gasteiger partial charge in [0.2, 0.25) is 17.7 Å². The molecule has 1 heterocycles. The number of rotatable bonds is 6. The van der Waals surface area contributed by atoms with Gasteiger partial charge in [-0.15, -0.1) is 10.2 Å². The molecule has 0 spiro atoms. The summed E-state index contributed by atoms with van der Waals surface area (Å²) in [6.07, 6.45) is 0.608. The average Bonchev–Trinajstić information content (AvgIpc) is 3.09. The van der Waals surface area contributed by atoms with Crippen LogP contribution in [0.25, 0.3) is 11.5 Å². The predicted octanol–water partition coefficient (Wildman–Crippen LogP) is 5.16. The van der Waals surface area contributed by atoms with Crippen molar-refractivity contribution in [2.45, 2.75) is 32.7 Å². The fraction of sp³-hybridized carbons (Fsp3) is 0.250. The van der Waals surface area contributed by atoms with Gasteiger partial charge < -0.3 is 9.73 Å². The van der Waals surface area contributed by atoms with Gasteiger partial charge in [0.15, 0.2) is 0 Å². The van der Waals surface area contributed by atoms with Gasteiger partial charge in [-0.05, 0) is 43.7 Å². The SMILES string of the molecule is Cc1ccc(-c2nnc(CCC(=O)N[C@H](C)c3ccc(Cl)cc3Cl)o2)cc1. The molecule has 5 nitrogen and oxygen atoms in total. The van der Waals surface area contributed by atoms with E-state index < -0.39 is 0 Å². The molecule has 2 aromatic carbocycles. The van der Waals surface area contributed by atoms with Gasteiger partial charge >= 0.3 is 0 Å². The minimum absolute atomic E-state index is 0.122. The van der Waals surface area contributed by atoms with Crippen LogP contribution in [-0.4, -0.2) is 16.1 Å². The molecule has 0 aliphatic rings. The van der Waals surface area contributed by atoms with E-state index in [9.17, 15) is 4.79 Å². The Morgan fingerprint density at radius 2 is 1.89 bits per heavy atom. The van der Waals surface area contributed by atoms with Gasteiger partial charge in [-0.3, -0.25) is 4.79 Å². The third kappa shape index (κ3) is 5.08. The van der Waals surface area contributed by atoms with Crippen LogP contribution in [0.2, 0.25) is 10.0 Å². The van der Waals surface area contributed by atoms with Crippen LogP contribution in [0.4, 0.5) is 0 Å². The number of aromatic nitrogens is 2. The van der Waals surface area contributed by atoms with Crippen LogP contribution in [0.15, 0.2) is 46.9 Å². The van der Waals surface area contributed by atoms with E-state index in [2.05, 4.69) is 15.5 Å². The summed E-state index contributed by atoms with van der Waals surface area (Å²) < 4.78 is 5.64. The predicted molar refractivity (Wildman–Crippen MR) is 106 cm³/mol. The normalized spacial score (nSPS) is 12.0. The second-order valence-electron chi connectivity index (χ2n) is 6.32. The summed E-state index contributed by atoms with van der Waals surface area (Å²) >= 11 is 12.1. The van der Waals surface area contributed by atoms with Gasteiger partial charge in [0.1, 0.15) is 0 Å². The maximum Gasteiger partial charge on any atom is 0.247 e. The summed E-state index contributed by atoms with van der Waals surface area (Å²) in [7, 11) is 0. The summed E-state index contributed by atoms with van der Waals surface area (Å²) in [5.41, 5.74) is 2.83. The molecule has 0 bridgehead atoms. The molecule has 0 aliphatic heterocycles. The first-order chi connectivity index (χ1) is 12.9. The Bertz CT molecular complexity index is 939. The van der Waals surface area contributed by atoms with Gasteiger partial charge in [-0.1, -0.05) is 47.0 Å². The van der Waals surface area contributed by atoms with E-state index in [1.807, 2.05) is 44.2 Å². The summed E-state index contributed by atoms with van der Waals surface area (Å²) in [5.74, 6) is 0.758. The zero-order chi connectivity index (χ0) is 19.4. The van der Waals surface area contributed by atoms with E-state index >= 15 is 0 Å². The van der Waals surface area contributed by atoms with E-state index in [-0.39, 0.29) is 18.4 Å². The molecule has 0 unspecified atom stereocenters. The van der Waals surface area contributed by atoms with E-state index in [1.165, 1.54) is 0 Å². The lowest BCUT2D eigenvalue weighted by Gasteiger charge is -2.15. The Morgan fingerprint density at radius 1 is 1.15 bits per heavy atom. The number of carbonyl (C=O) groups excluding carboxylic acids is 1. The standard InChI is InChI=1S/C20H19Cl2N3O2/c1-12-3-5-14(6-4-12)20-25-24-19(27-20)10-9-18(26)23-13(2)16-8-7-15(21)11-17(16)22/h3-8,11,13H,9-10H2,1-2H3,(H,23,26)/t13-/m1/s1. The third-order valence-corrected chi connectivity index (χ3v) is 4.70. The number of hydrogen-bond acceptors (Lipinski definition) is 4. The molecule has 3 aromatic rings. The average molecular weight is 404 g/mol. The molecule has 1 aromatic heterocycles. The highest BCUT2D eigenvalue weighted by Crippen LogP contribution is 2.26. The van der Waals surface area contributed by atoms with Crippen LogP contribution in [-0.2, 0) is 11.2 Å². The zero-order valence-corrected chi connectivity index (χ0v) is 16.5. The van der Waals surface area contributed by atoms with Crippen molar-refractivity contribution in [3.05, 3.63) is 69.5 Å². The summed E-state index contributed by atoms with van der Waals surface area (Å²) in [6.45, 7) is 3.88. The number of amides is 1. The fourth-order valence-electron chi connectivity index (χ4n) is 2.63. The van der Waals surface area contributed by atoms with Crippen molar-refractivity contribution in [2.75, 3.05) is 0 Å². The first-order valence-electron chi connectivity index (χ1n) is 8.56. The van der Waals surface area contributed by atoms with E-state index in [1.54, 1.807) is 12.1 Å². The Morgan fingerprint density at radius 3 is 2.59 bits per heavy atom. The number of nitrogens with one attached hydrogen (secondary N) is 1. The van der Waals surface area contributed by atoms with Crippen LogP contribution in [0.1, 0.15) is 36.4 Å². The number of halogens is 2. The van der Waals surface area contributed by atoms with Crippen molar-refractivity contribution in [3.63, 3.8) is 0 Å². The lowest BCUT2D eigenvalue weighted by molar-refractivity contribution is -0.121. The number of benzene rings is 2. The topological polar surface area (TPSA) is 68.0 Å². The van der Waals surface area contributed by atoms with Crippen molar-refractivity contribution < 1.29 is 9.21 Å². The zero-order valence-electron chi connectivity index (χ0n) is 15.0. The van der Waals surface area contributed by atoms with Gasteiger partial charge in [-0.2, -0.15) is 0 Å². The molecular formula is C20H19Cl2N3O2. The molecule has 0 radical (unpaired) electrons. The monoisotopic (exact) mass is 403 g/mol. The molecule has 1 atom stereocenters. The number of nitrogens with zero attached hydrogens (tertiary/aromatic N) is 2. The number of aryl methyl sites for hydroxylation is 2. The van der Waals surface area contributed by atoms with Crippen LogP contribution < -0.4 is 5.32 Å². The van der Waals surface area contributed by atoms with Crippen molar-refractivity contribution in [2.24, 2.45) is 0 Å². The highest BCUT2D eigenvalue weighted by atomic mass is 35.5. The molecule has 0 saturated carbocycles. The molecule has 7 heteroatoms. The second-order valence-corrected chi connectivity index (χ2v) is 7.17. The fourth-order valence-corrected chi connectivity index (χ4v) is 3.20. The first-order valence-corrected chi connectivity index (χ1v) is 9.31. The van der Waals surface area contributed by atoms with E-state index in [0.29, 0.717) is 28.2 Å². The molecule has 27 heavy (non-hydrogen) atoms. The van der Waals surface area contributed by atoms with Gasteiger partial charge in [-0.25, -0.2) is 0 Å². The molecule has 0 saturated heterocycles. The highest BCUT2D eigenvalue weighted by Gasteiger charge is 2.15. The quantitative estimate of drug-likeness (QED) is 0.616. The molecule has 0 aliphatic carbocycles. The third-order valence-electron chi connectivity index (χ3n) is 4.14. The first kappa shape index (κ1) is 19.4. The summed E-state index contributed by atoms with van der Waals surface area (Å²) in [5, 5.41) is 12.1. The minimum atomic E-state index is -0.229. The molecule has 1 N–H and O–H groups in total. The maximum atomic E-state index is 12.2. The molecule has 3 rings (SSSR count). The number of carbonyl (C=O) groups is 1. The van der Waals surface area contributed by atoms with Crippen LogP contribution >= 0.6 is 23.2 Å². The van der Waals surface area contributed by atoms with Crippen LogP contribution in [0, 0.1) is 6.92 Å². The number of hydrogen-bond donors (Lipinski definition) is 1. The van der Waals surface area contributed by atoms with Gasteiger partial charge in [0, 0.05) is 28.5 Å². The Labute approximate surface area is 167 Å². The lowest BCUT2D eigenvalue weighted by atomic mass is 10.1. The van der Waals surface area contributed by atoms with E-state index in [0.717, 1.165) is 16.7 Å². The molecule has 0 fully saturated rings. The van der Waals surface area contributed by atoms with Crippen molar-refractivity contribution in [1.82, 2.24) is 15.5 Å². The molecular weight excluding hydrogens is 385 g/mol. The van der Waals surface area contributed by atoms with Gasteiger partial charge in [0.25, 0.3) is 0 Å². The summed E-state index contributed by atoms with van der Waals surface area (Å²) in [6, 6.07) is 12.8. The lowest BCUT2D eigenvalue weighted by Crippen LogP contribution is -2.27. The van der Waals surface area contributed by atoms with Gasteiger partial charge in [0.05, 0.1) is 6.04 Å². The molecule has 1 amide bonds. The van der Waals surface area contributed by atoms with E-state index in [4.69, 9.17) is 27.6 Å². The van der Waals surface area contributed by atoms with Crippen LogP contribution in [0.3, 0.4) is 0 Å². The summed E-state index contributed by atoms with van der Waals surface area (Å²) in [4.78, 5) is 12.2. The Hall–Kier alpha value is -2.37. The smallest absolute Gasteiger partial charge is 0.247 e. The maximum absolute atomic E-state index is 12.2. The minimum Gasteiger partial charge on any atom is -0.421 e. The van der Waals surface area contributed by atoms with Crippen molar-refractivity contribution >= 4 is 29.1 Å². The molecule has 140 valence electrons. The Balaban J connectivity index is 1.55. The van der Waals surface area contributed by atoms with Crippen molar-refractivity contribution in [3.8, 4) is 11.5 Å². The Kier molecular flexibility index (Phi) is 6.14.